The molecule has 0 aliphatic carbocycles. The molecule has 0 unspecified atom stereocenters. The van der Waals surface area contributed by atoms with Crippen LogP contribution in [0.4, 0.5) is 24.5 Å². The van der Waals surface area contributed by atoms with Crippen molar-refractivity contribution in [1.29, 1.82) is 0 Å². The Morgan fingerprint density at radius 3 is 1.94 bits per heavy atom. The van der Waals surface area contributed by atoms with Gasteiger partial charge in [-0.05, 0) is 36.4 Å². The highest BCUT2D eigenvalue weighted by Gasteiger charge is 2.38. The van der Waals surface area contributed by atoms with Gasteiger partial charge in [-0.3, -0.25) is 9.59 Å². The third kappa shape index (κ3) is 5.39. The molecule has 31 heavy (non-hydrogen) atoms. The van der Waals surface area contributed by atoms with Gasteiger partial charge in [-0.15, -0.1) is 0 Å². The summed E-state index contributed by atoms with van der Waals surface area (Å²) in [5.41, 5.74) is 1.32. The fraction of sp³-hybridized carbons (Fsp3) is 0.333. The van der Waals surface area contributed by atoms with Crippen LogP contribution in [0, 0.1) is 0 Å². The van der Waals surface area contributed by atoms with Crippen LogP contribution in [-0.4, -0.2) is 63.3 Å². The Bertz CT molecular complexity index is 918. The highest BCUT2D eigenvalue weighted by Crippen LogP contribution is 2.25. The molecule has 1 N–H and O–H groups in total. The number of ether oxygens (including phenoxy) is 2. The number of piperazine rings is 1. The van der Waals surface area contributed by atoms with Crippen LogP contribution < -0.4 is 19.7 Å². The van der Waals surface area contributed by atoms with Crippen LogP contribution in [-0.2, 0) is 4.79 Å². The average Bonchev–Trinajstić information content (AvgIpc) is 2.78. The number of alkyl halides is 3. The van der Waals surface area contributed by atoms with Crippen molar-refractivity contribution in [3.63, 3.8) is 0 Å². The van der Waals surface area contributed by atoms with Gasteiger partial charge in [0.25, 0.3) is 5.91 Å². The molecule has 7 nitrogen and oxygen atoms in total. The Morgan fingerprint density at radius 2 is 1.45 bits per heavy atom. The number of hydrogen-bond donors (Lipinski definition) is 1. The molecule has 0 aromatic heterocycles. The maximum absolute atomic E-state index is 12.9. The molecule has 2 aromatic carbocycles. The van der Waals surface area contributed by atoms with Gasteiger partial charge in [-0.1, -0.05) is 0 Å². The molecule has 10 heteroatoms. The van der Waals surface area contributed by atoms with E-state index in [0.717, 1.165) is 5.69 Å². The minimum atomic E-state index is -4.94. The second-order valence-electron chi connectivity index (χ2n) is 6.88. The Morgan fingerprint density at radius 1 is 0.903 bits per heavy atom. The molecule has 0 atom stereocenters. The monoisotopic (exact) mass is 437 g/mol. The van der Waals surface area contributed by atoms with Gasteiger partial charge in [0.05, 0.1) is 14.2 Å². The van der Waals surface area contributed by atoms with Crippen molar-refractivity contribution in [2.24, 2.45) is 0 Å². The van der Waals surface area contributed by atoms with E-state index in [1.54, 1.807) is 35.2 Å². The molecule has 1 aliphatic heterocycles. The van der Waals surface area contributed by atoms with Gasteiger partial charge in [0.1, 0.15) is 11.5 Å². The fourth-order valence-electron chi connectivity index (χ4n) is 3.24. The van der Waals surface area contributed by atoms with E-state index in [1.807, 2.05) is 10.2 Å². The van der Waals surface area contributed by atoms with Crippen molar-refractivity contribution in [2.45, 2.75) is 6.18 Å². The smallest absolute Gasteiger partial charge is 0.471 e. The molecule has 0 saturated carbocycles. The zero-order chi connectivity index (χ0) is 22.6. The highest BCUT2D eigenvalue weighted by molar-refractivity contribution is 5.95. The van der Waals surface area contributed by atoms with Gasteiger partial charge in [0.2, 0.25) is 0 Å². The van der Waals surface area contributed by atoms with Crippen LogP contribution in [0.1, 0.15) is 10.4 Å². The Hall–Kier alpha value is -3.43. The number of methoxy groups -OCH3 is 2. The van der Waals surface area contributed by atoms with Gasteiger partial charge in [0, 0.05) is 49.2 Å². The van der Waals surface area contributed by atoms with E-state index in [9.17, 15) is 22.8 Å². The van der Waals surface area contributed by atoms with Gasteiger partial charge < -0.3 is 24.6 Å². The number of nitrogens with zero attached hydrogens (tertiary/aromatic N) is 2. The lowest BCUT2D eigenvalue weighted by atomic mass is 10.1. The first-order chi connectivity index (χ1) is 14.7. The second kappa shape index (κ2) is 9.15. The first kappa shape index (κ1) is 22.3. The molecular formula is C21H22F3N3O4. The quantitative estimate of drug-likeness (QED) is 0.778. The maximum atomic E-state index is 12.9. The van der Waals surface area contributed by atoms with E-state index >= 15 is 0 Å². The second-order valence-corrected chi connectivity index (χ2v) is 6.88. The van der Waals surface area contributed by atoms with Gasteiger partial charge in [0.15, 0.2) is 0 Å². The van der Waals surface area contributed by atoms with E-state index in [1.165, 1.54) is 26.4 Å². The third-order valence-corrected chi connectivity index (χ3v) is 4.91. The lowest BCUT2D eigenvalue weighted by molar-refractivity contribution is -0.167. The van der Waals surface area contributed by atoms with E-state index < -0.39 is 12.1 Å². The minimum Gasteiger partial charge on any atom is -0.497 e. The normalized spacial score (nSPS) is 14.2. The maximum Gasteiger partial charge on any atom is 0.471 e. The summed E-state index contributed by atoms with van der Waals surface area (Å²) in [6.45, 7) is 2.07. The lowest BCUT2D eigenvalue weighted by Crippen LogP contribution is -2.48. The molecule has 0 spiro atoms. The number of halogens is 3. The van der Waals surface area contributed by atoms with Crippen LogP contribution in [0.25, 0.3) is 0 Å². The van der Waals surface area contributed by atoms with Crippen molar-refractivity contribution in [3.8, 4) is 11.5 Å². The Kier molecular flexibility index (Phi) is 6.57. The van der Waals surface area contributed by atoms with E-state index in [2.05, 4.69) is 0 Å². The predicted molar refractivity (Wildman–Crippen MR) is 109 cm³/mol. The number of carbonyl (C=O) groups excluding carboxylic acids is 2. The highest BCUT2D eigenvalue weighted by atomic mass is 19.4. The predicted octanol–water partition coefficient (Wildman–Crippen LogP) is 3.17. The summed E-state index contributed by atoms with van der Waals surface area (Å²) in [5, 5.41) is 1.82. The number of amides is 2. The summed E-state index contributed by atoms with van der Waals surface area (Å²) in [6.07, 6.45) is -4.94. The Balaban J connectivity index is 1.60. The minimum absolute atomic E-state index is 0.0619. The van der Waals surface area contributed by atoms with Crippen LogP contribution >= 0.6 is 0 Å². The van der Waals surface area contributed by atoms with Crippen LogP contribution in [0.2, 0.25) is 0 Å². The Labute approximate surface area is 177 Å². The number of benzene rings is 2. The van der Waals surface area contributed by atoms with Gasteiger partial charge >= 0.3 is 12.1 Å². The third-order valence-electron chi connectivity index (χ3n) is 4.91. The first-order valence-electron chi connectivity index (χ1n) is 9.47. The summed E-state index contributed by atoms with van der Waals surface area (Å²) >= 11 is 0. The van der Waals surface area contributed by atoms with E-state index in [-0.39, 0.29) is 11.6 Å². The molecule has 1 fully saturated rings. The first-order valence-corrected chi connectivity index (χ1v) is 9.47. The number of carbonyl (C=O) groups is 2. The van der Waals surface area contributed by atoms with Crippen molar-refractivity contribution < 1.29 is 32.2 Å². The van der Waals surface area contributed by atoms with Crippen LogP contribution in [0.5, 0.6) is 11.5 Å². The summed E-state index contributed by atoms with van der Waals surface area (Å²) in [4.78, 5) is 27.6. The molecule has 1 saturated heterocycles. The molecule has 2 amide bonds. The summed E-state index contributed by atoms with van der Waals surface area (Å²) in [5.74, 6) is -1.10. The van der Waals surface area contributed by atoms with Gasteiger partial charge in [-0.2, -0.15) is 13.2 Å². The van der Waals surface area contributed by atoms with Crippen molar-refractivity contribution in [3.05, 3.63) is 48.0 Å². The SMILES string of the molecule is COc1cc(OC)cc(C(=O)N2CCN(c3ccc(NC(=O)C(F)(F)F)cc3)CC2)c1. The standard InChI is InChI=1S/C21H22F3N3O4/c1-30-17-11-14(12-18(13-17)31-2)19(28)27-9-7-26(8-10-27)16-5-3-15(4-6-16)25-20(29)21(22,23)24/h3-6,11-13H,7-10H2,1-2H3,(H,25,29). The molecule has 166 valence electrons. The molecule has 3 rings (SSSR count). The molecule has 1 aliphatic rings. The zero-order valence-corrected chi connectivity index (χ0v) is 17.0. The summed E-state index contributed by atoms with van der Waals surface area (Å²) in [7, 11) is 3.03. The number of anilines is 2. The van der Waals surface area contributed by atoms with E-state index in [4.69, 9.17) is 9.47 Å². The molecule has 1 heterocycles. The molecular weight excluding hydrogens is 415 g/mol. The number of nitrogens with one attached hydrogen (secondary N) is 1. The zero-order valence-electron chi connectivity index (χ0n) is 17.0. The lowest BCUT2D eigenvalue weighted by Gasteiger charge is -2.36. The van der Waals surface area contributed by atoms with Gasteiger partial charge in [-0.25, -0.2) is 0 Å². The van der Waals surface area contributed by atoms with Crippen molar-refractivity contribution in [2.75, 3.05) is 50.6 Å². The fourth-order valence-corrected chi connectivity index (χ4v) is 3.24. The van der Waals surface area contributed by atoms with Crippen molar-refractivity contribution in [1.82, 2.24) is 4.90 Å². The van der Waals surface area contributed by atoms with Crippen LogP contribution in [0.3, 0.4) is 0 Å². The topological polar surface area (TPSA) is 71.1 Å². The summed E-state index contributed by atoms with van der Waals surface area (Å²) in [6, 6.07) is 11.1. The molecule has 0 bridgehead atoms. The average molecular weight is 437 g/mol. The van der Waals surface area contributed by atoms with E-state index in [0.29, 0.717) is 43.2 Å². The largest absolute Gasteiger partial charge is 0.497 e. The summed E-state index contributed by atoms with van der Waals surface area (Å²) < 4.78 is 47.5. The van der Waals surface area contributed by atoms with Crippen LogP contribution in [0.15, 0.2) is 42.5 Å². The number of hydrogen-bond acceptors (Lipinski definition) is 5. The number of rotatable bonds is 5. The molecule has 0 radical (unpaired) electrons. The van der Waals surface area contributed by atoms with Crippen molar-refractivity contribution >= 4 is 23.2 Å². The molecule has 2 aromatic rings.